The molecule has 0 saturated heterocycles. The quantitative estimate of drug-likeness (QED) is 0.904. The van der Waals surface area contributed by atoms with Gasteiger partial charge in [-0.05, 0) is 46.6 Å². The molecule has 0 fully saturated rings. The molecule has 2 rings (SSSR count). The Bertz CT molecular complexity index is 589. The van der Waals surface area contributed by atoms with Gasteiger partial charge in [0.2, 0.25) is 0 Å². The zero-order valence-corrected chi connectivity index (χ0v) is 13.2. The summed E-state index contributed by atoms with van der Waals surface area (Å²) in [6.45, 7) is 1.72. The molecule has 1 aromatic carbocycles. The summed E-state index contributed by atoms with van der Waals surface area (Å²) in [4.78, 5) is 0. The number of halogens is 1. The van der Waals surface area contributed by atoms with Crippen LogP contribution in [0, 0.1) is 0 Å². The van der Waals surface area contributed by atoms with Gasteiger partial charge < -0.3 is 19.0 Å². The summed E-state index contributed by atoms with van der Waals surface area (Å²) in [6.07, 6.45) is 1.95. The highest BCUT2D eigenvalue weighted by Gasteiger charge is 2.29. The molecule has 0 radical (unpaired) electrons. The van der Waals surface area contributed by atoms with Crippen LogP contribution in [0.25, 0.3) is 0 Å². The number of ether oxygens (including phenoxy) is 2. The Kier molecular flexibility index (Phi) is 4.40. The molecule has 1 heterocycles. The molecule has 1 atom stereocenters. The van der Waals surface area contributed by atoms with Gasteiger partial charge in [0.25, 0.3) is 0 Å². The minimum atomic E-state index is -1.11. The normalized spacial score (nSPS) is 13.8. The van der Waals surface area contributed by atoms with E-state index in [0.717, 1.165) is 10.0 Å². The molecule has 0 spiro atoms. The van der Waals surface area contributed by atoms with E-state index in [0.29, 0.717) is 23.7 Å². The average Bonchev–Trinajstić information content (AvgIpc) is 2.85. The lowest BCUT2D eigenvalue weighted by molar-refractivity contribution is 0.0335. The third-order valence-corrected chi connectivity index (χ3v) is 3.73. The smallest absolute Gasteiger partial charge is 0.160 e. The van der Waals surface area contributed by atoms with Gasteiger partial charge in [-0.25, -0.2) is 0 Å². The van der Waals surface area contributed by atoms with Gasteiger partial charge in [-0.1, -0.05) is 6.07 Å². The van der Waals surface area contributed by atoms with E-state index in [1.807, 2.05) is 18.2 Å². The lowest BCUT2D eigenvalue weighted by Crippen LogP contribution is -2.24. The summed E-state index contributed by atoms with van der Waals surface area (Å²) in [6, 6.07) is 7.33. The fraction of sp³-hybridized carbons (Fsp3) is 0.333. The first-order chi connectivity index (χ1) is 9.47. The molecule has 0 aliphatic heterocycles. The highest BCUT2D eigenvalue weighted by Crippen LogP contribution is 2.34. The van der Waals surface area contributed by atoms with E-state index in [-0.39, 0.29) is 0 Å². The second-order valence-corrected chi connectivity index (χ2v) is 5.59. The van der Waals surface area contributed by atoms with Crippen molar-refractivity contribution < 1.29 is 19.0 Å². The standard InChI is InChI=1S/C15H17BrO4/c1-15(17,14-11(16)6-7-20-14)9-10-4-5-12(18-2)13(8-10)19-3/h4-8,17H,9H2,1-3H3. The third kappa shape index (κ3) is 2.99. The molecule has 1 unspecified atom stereocenters. The summed E-state index contributed by atoms with van der Waals surface area (Å²) in [5, 5.41) is 10.6. The predicted octanol–water partition coefficient (Wildman–Crippen LogP) is 3.51. The van der Waals surface area contributed by atoms with E-state index in [9.17, 15) is 5.11 Å². The lowest BCUT2D eigenvalue weighted by Gasteiger charge is -2.22. The molecule has 20 heavy (non-hydrogen) atoms. The number of rotatable bonds is 5. The van der Waals surface area contributed by atoms with E-state index in [2.05, 4.69) is 15.9 Å². The largest absolute Gasteiger partial charge is 0.493 e. The summed E-state index contributed by atoms with van der Waals surface area (Å²) in [5.41, 5.74) is -0.182. The number of aliphatic hydroxyl groups is 1. The van der Waals surface area contributed by atoms with Gasteiger partial charge in [-0.3, -0.25) is 0 Å². The average molecular weight is 341 g/mol. The first-order valence-electron chi connectivity index (χ1n) is 6.14. The van der Waals surface area contributed by atoms with Crippen LogP contribution in [-0.4, -0.2) is 19.3 Å². The highest BCUT2D eigenvalue weighted by molar-refractivity contribution is 9.10. The Morgan fingerprint density at radius 2 is 1.90 bits per heavy atom. The molecule has 1 N–H and O–H groups in total. The van der Waals surface area contributed by atoms with Gasteiger partial charge in [0, 0.05) is 6.42 Å². The van der Waals surface area contributed by atoms with Crippen molar-refractivity contribution in [1.82, 2.24) is 0 Å². The van der Waals surface area contributed by atoms with Crippen LogP contribution >= 0.6 is 15.9 Å². The maximum Gasteiger partial charge on any atom is 0.160 e. The molecule has 0 aliphatic rings. The van der Waals surface area contributed by atoms with Crippen LogP contribution in [0.15, 0.2) is 39.4 Å². The summed E-state index contributed by atoms with van der Waals surface area (Å²) >= 11 is 3.37. The fourth-order valence-electron chi connectivity index (χ4n) is 2.15. The van der Waals surface area contributed by atoms with Crippen molar-refractivity contribution in [1.29, 1.82) is 0 Å². The van der Waals surface area contributed by atoms with E-state index in [4.69, 9.17) is 13.9 Å². The van der Waals surface area contributed by atoms with E-state index < -0.39 is 5.60 Å². The van der Waals surface area contributed by atoms with Gasteiger partial charge in [0.15, 0.2) is 11.5 Å². The van der Waals surface area contributed by atoms with Crippen molar-refractivity contribution >= 4 is 15.9 Å². The van der Waals surface area contributed by atoms with Crippen LogP contribution in [0.1, 0.15) is 18.2 Å². The van der Waals surface area contributed by atoms with Gasteiger partial charge in [-0.15, -0.1) is 0 Å². The predicted molar refractivity (Wildman–Crippen MR) is 79.2 cm³/mol. The summed E-state index contributed by atoms with van der Waals surface area (Å²) in [5.74, 6) is 1.81. The highest BCUT2D eigenvalue weighted by atomic mass is 79.9. The number of methoxy groups -OCH3 is 2. The Morgan fingerprint density at radius 3 is 2.45 bits per heavy atom. The summed E-state index contributed by atoms with van der Waals surface area (Å²) < 4.78 is 16.6. The number of furan rings is 1. The molecular formula is C15H17BrO4. The minimum absolute atomic E-state index is 0.402. The minimum Gasteiger partial charge on any atom is -0.493 e. The van der Waals surface area contributed by atoms with Crippen molar-refractivity contribution in [3.63, 3.8) is 0 Å². The monoisotopic (exact) mass is 340 g/mol. The molecule has 0 saturated carbocycles. The molecular weight excluding hydrogens is 324 g/mol. The number of benzene rings is 1. The lowest BCUT2D eigenvalue weighted by atomic mass is 9.94. The van der Waals surface area contributed by atoms with Gasteiger partial charge in [-0.2, -0.15) is 0 Å². The zero-order chi connectivity index (χ0) is 14.8. The van der Waals surface area contributed by atoms with E-state index >= 15 is 0 Å². The number of hydrogen-bond donors (Lipinski definition) is 1. The molecule has 0 amide bonds. The van der Waals surface area contributed by atoms with Gasteiger partial charge in [0.1, 0.15) is 11.4 Å². The molecule has 108 valence electrons. The molecule has 5 heteroatoms. The molecule has 4 nitrogen and oxygen atoms in total. The van der Waals surface area contributed by atoms with E-state index in [1.165, 1.54) is 0 Å². The second-order valence-electron chi connectivity index (χ2n) is 4.74. The Labute approximate surface area is 126 Å². The maximum absolute atomic E-state index is 10.6. The second kappa shape index (κ2) is 5.89. The topological polar surface area (TPSA) is 51.8 Å². The van der Waals surface area contributed by atoms with Crippen LogP contribution < -0.4 is 9.47 Å². The van der Waals surface area contributed by atoms with Crippen molar-refractivity contribution in [3.8, 4) is 11.5 Å². The zero-order valence-electron chi connectivity index (χ0n) is 11.6. The van der Waals surface area contributed by atoms with Crippen LogP contribution in [0.2, 0.25) is 0 Å². The van der Waals surface area contributed by atoms with Crippen molar-refractivity contribution in [2.45, 2.75) is 18.9 Å². The molecule has 0 aliphatic carbocycles. The Balaban J connectivity index is 2.27. The molecule has 1 aromatic heterocycles. The first kappa shape index (κ1) is 14.9. The van der Waals surface area contributed by atoms with Crippen molar-refractivity contribution in [3.05, 3.63) is 46.3 Å². The fourth-order valence-corrected chi connectivity index (χ4v) is 2.77. The van der Waals surface area contributed by atoms with Gasteiger partial charge in [0.05, 0.1) is 25.0 Å². The first-order valence-corrected chi connectivity index (χ1v) is 6.94. The Morgan fingerprint density at radius 1 is 1.20 bits per heavy atom. The van der Waals surface area contributed by atoms with Crippen LogP contribution in [0.5, 0.6) is 11.5 Å². The van der Waals surface area contributed by atoms with Crippen LogP contribution in [0.3, 0.4) is 0 Å². The maximum atomic E-state index is 10.6. The molecule has 0 bridgehead atoms. The van der Waals surface area contributed by atoms with Crippen LogP contribution in [0.4, 0.5) is 0 Å². The summed E-state index contributed by atoms with van der Waals surface area (Å²) in [7, 11) is 3.18. The third-order valence-electron chi connectivity index (χ3n) is 3.10. The Hall–Kier alpha value is -1.46. The molecule has 2 aromatic rings. The SMILES string of the molecule is COc1ccc(CC(C)(O)c2occc2Br)cc1OC. The van der Waals surface area contributed by atoms with Crippen molar-refractivity contribution in [2.75, 3.05) is 14.2 Å². The van der Waals surface area contributed by atoms with Crippen molar-refractivity contribution in [2.24, 2.45) is 0 Å². The van der Waals surface area contributed by atoms with Crippen LogP contribution in [-0.2, 0) is 12.0 Å². The number of hydrogen-bond acceptors (Lipinski definition) is 4. The van der Waals surface area contributed by atoms with E-state index in [1.54, 1.807) is 33.5 Å². The van der Waals surface area contributed by atoms with Gasteiger partial charge >= 0.3 is 0 Å².